The number of aliphatic imine (C=N–C) groups is 1. The number of amides is 2. The van der Waals surface area contributed by atoms with Crippen molar-refractivity contribution in [2.75, 3.05) is 13.2 Å². The van der Waals surface area contributed by atoms with Crippen molar-refractivity contribution in [1.82, 2.24) is 10.2 Å². The molecule has 0 radical (unpaired) electrons. The van der Waals surface area contributed by atoms with Crippen LogP contribution in [0.1, 0.15) is 29.2 Å². The molecule has 1 saturated heterocycles. The largest absolute Gasteiger partial charge is 0.463 e. The highest BCUT2D eigenvalue weighted by molar-refractivity contribution is 5.94. The standard InChI is InChI=1S/C20H21N3O2/c24-19(21-14-15-6-2-1-3-7-15)23-12-13-25-20(23)22-18-11-10-16-8-4-5-9-17(16)18/h1-9,18H,10-14H2,(H,21,24). The second-order valence-electron chi connectivity index (χ2n) is 6.31. The molecule has 1 fully saturated rings. The zero-order chi connectivity index (χ0) is 17.1. The van der Waals surface area contributed by atoms with E-state index in [0.717, 1.165) is 18.4 Å². The third-order valence-corrected chi connectivity index (χ3v) is 4.68. The number of hydrogen-bond acceptors (Lipinski definition) is 3. The molecule has 1 N–H and O–H groups in total. The number of carbonyl (C=O) groups is 1. The Labute approximate surface area is 147 Å². The van der Waals surface area contributed by atoms with E-state index >= 15 is 0 Å². The maximum atomic E-state index is 12.5. The van der Waals surface area contributed by atoms with Crippen LogP contribution in [0.4, 0.5) is 4.79 Å². The van der Waals surface area contributed by atoms with Crippen molar-refractivity contribution in [2.24, 2.45) is 4.99 Å². The van der Waals surface area contributed by atoms with Gasteiger partial charge in [0.1, 0.15) is 6.61 Å². The molecule has 5 nitrogen and oxygen atoms in total. The van der Waals surface area contributed by atoms with Crippen LogP contribution < -0.4 is 5.32 Å². The summed E-state index contributed by atoms with van der Waals surface area (Å²) in [5.74, 6) is 0. The second kappa shape index (κ2) is 6.97. The number of carbonyl (C=O) groups excluding carboxylic acids is 1. The molecular formula is C20H21N3O2. The molecule has 0 saturated carbocycles. The van der Waals surface area contributed by atoms with Gasteiger partial charge in [-0.15, -0.1) is 0 Å². The van der Waals surface area contributed by atoms with Gasteiger partial charge in [0.2, 0.25) is 0 Å². The predicted octanol–water partition coefficient (Wildman–Crippen LogP) is 3.27. The van der Waals surface area contributed by atoms with Crippen molar-refractivity contribution in [3.8, 4) is 0 Å². The number of nitrogens with one attached hydrogen (secondary N) is 1. The fourth-order valence-electron chi connectivity index (χ4n) is 3.37. The average molecular weight is 335 g/mol. The van der Waals surface area contributed by atoms with E-state index in [-0.39, 0.29) is 12.1 Å². The zero-order valence-electron chi connectivity index (χ0n) is 14.0. The molecule has 4 rings (SSSR count). The molecule has 1 atom stereocenters. The number of hydrogen-bond donors (Lipinski definition) is 1. The van der Waals surface area contributed by atoms with Gasteiger partial charge in [-0.25, -0.2) is 14.7 Å². The Morgan fingerprint density at radius 1 is 1.16 bits per heavy atom. The highest BCUT2D eigenvalue weighted by atomic mass is 16.5. The lowest BCUT2D eigenvalue weighted by Crippen LogP contribution is -2.40. The van der Waals surface area contributed by atoms with E-state index in [1.54, 1.807) is 4.90 Å². The first-order chi connectivity index (χ1) is 12.3. The summed E-state index contributed by atoms with van der Waals surface area (Å²) in [5, 5.41) is 2.94. The van der Waals surface area contributed by atoms with E-state index < -0.39 is 0 Å². The van der Waals surface area contributed by atoms with Crippen molar-refractivity contribution >= 4 is 12.1 Å². The van der Waals surface area contributed by atoms with Crippen LogP contribution in [0.3, 0.4) is 0 Å². The summed E-state index contributed by atoms with van der Waals surface area (Å²) in [4.78, 5) is 18.8. The molecule has 2 amide bonds. The number of amidine groups is 1. The van der Waals surface area contributed by atoms with Crippen LogP contribution in [-0.4, -0.2) is 30.1 Å². The molecule has 0 aromatic heterocycles. The number of nitrogens with zero attached hydrogens (tertiary/aromatic N) is 2. The fraction of sp³-hybridized carbons (Fsp3) is 0.300. The molecule has 5 heteroatoms. The number of aryl methyl sites for hydroxylation is 1. The van der Waals surface area contributed by atoms with Crippen LogP contribution in [0, 0.1) is 0 Å². The van der Waals surface area contributed by atoms with Gasteiger partial charge >= 0.3 is 6.03 Å². The summed E-state index contributed by atoms with van der Waals surface area (Å²) in [6, 6.07) is 18.6. The van der Waals surface area contributed by atoms with Crippen LogP contribution in [-0.2, 0) is 17.7 Å². The summed E-state index contributed by atoms with van der Waals surface area (Å²) in [6.07, 6.45) is 1.99. The molecular weight excluding hydrogens is 314 g/mol. The highest BCUT2D eigenvalue weighted by Crippen LogP contribution is 2.34. The van der Waals surface area contributed by atoms with Crippen molar-refractivity contribution in [2.45, 2.75) is 25.4 Å². The zero-order valence-corrected chi connectivity index (χ0v) is 14.0. The summed E-state index contributed by atoms with van der Waals surface area (Å²) < 4.78 is 5.63. The Bertz CT molecular complexity index is 789. The van der Waals surface area contributed by atoms with Crippen LogP contribution in [0.2, 0.25) is 0 Å². The first-order valence-electron chi connectivity index (χ1n) is 8.69. The van der Waals surface area contributed by atoms with Crippen molar-refractivity contribution in [3.05, 3.63) is 71.3 Å². The molecule has 2 aromatic rings. The number of benzene rings is 2. The lowest BCUT2D eigenvalue weighted by molar-refractivity contribution is 0.223. The molecule has 1 unspecified atom stereocenters. The molecule has 128 valence electrons. The summed E-state index contributed by atoms with van der Waals surface area (Å²) >= 11 is 0. The third kappa shape index (κ3) is 3.36. The topological polar surface area (TPSA) is 53.9 Å². The SMILES string of the molecule is O=C(NCc1ccccc1)N1CCOC1=NC1CCc2ccccc21. The Morgan fingerprint density at radius 2 is 1.96 bits per heavy atom. The minimum absolute atomic E-state index is 0.0775. The van der Waals surface area contributed by atoms with Crippen LogP contribution in [0.25, 0.3) is 0 Å². The molecule has 1 heterocycles. The molecule has 1 aliphatic heterocycles. The van der Waals surface area contributed by atoms with E-state index in [2.05, 4.69) is 23.5 Å². The molecule has 2 aromatic carbocycles. The van der Waals surface area contributed by atoms with Gasteiger partial charge in [-0.2, -0.15) is 0 Å². The first-order valence-corrected chi connectivity index (χ1v) is 8.69. The van der Waals surface area contributed by atoms with Crippen LogP contribution in [0.5, 0.6) is 0 Å². The Kier molecular flexibility index (Phi) is 4.37. The van der Waals surface area contributed by atoms with Crippen LogP contribution in [0.15, 0.2) is 59.6 Å². The van der Waals surface area contributed by atoms with Gasteiger partial charge in [0.25, 0.3) is 6.02 Å². The lowest BCUT2D eigenvalue weighted by atomic mass is 10.1. The smallest absolute Gasteiger partial charge is 0.325 e. The maximum absolute atomic E-state index is 12.5. The summed E-state index contributed by atoms with van der Waals surface area (Å²) in [7, 11) is 0. The lowest BCUT2D eigenvalue weighted by Gasteiger charge is -2.16. The summed E-state index contributed by atoms with van der Waals surface area (Å²) in [5.41, 5.74) is 3.66. The van der Waals surface area contributed by atoms with Crippen molar-refractivity contribution in [1.29, 1.82) is 0 Å². The van der Waals surface area contributed by atoms with Crippen molar-refractivity contribution in [3.63, 3.8) is 0 Å². The number of ether oxygens (including phenoxy) is 1. The maximum Gasteiger partial charge on any atom is 0.325 e. The van der Waals surface area contributed by atoms with E-state index in [0.29, 0.717) is 25.7 Å². The molecule has 0 spiro atoms. The molecule has 1 aliphatic carbocycles. The van der Waals surface area contributed by atoms with Gasteiger partial charge in [-0.05, 0) is 29.5 Å². The number of rotatable bonds is 3. The first kappa shape index (κ1) is 15.7. The quantitative estimate of drug-likeness (QED) is 0.936. The predicted molar refractivity (Wildman–Crippen MR) is 96.3 cm³/mol. The second-order valence-corrected chi connectivity index (χ2v) is 6.31. The van der Waals surface area contributed by atoms with E-state index in [1.165, 1.54) is 11.1 Å². The van der Waals surface area contributed by atoms with E-state index in [4.69, 9.17) is 9.73 Å². The van der Waals surface area contributed by atoms with Gasteiger partial charge in [-0.3, -0.25) is 0 Å². The Hall–Kier alpha value is -2.82. The minimum Gasteiger partial charge on any atom is -0.463 e. The molecule has 25 heavy (non-hydrogen) atoms. The van der Waals surface area contributed by atoms with Crippen LogP contribution >= 0.6 is 0 Å². The van der Waals surface area contributed by atoms with Gasteiger partial charge in [0.05, 0.1) is 12.6 Å². The highest BCUT2D eigenvalue weighted by Gasteiger charge is 2.29. The van der Waals surface area contributed by atoms with Gasteiger partial charge in [0, 0.05) is 6.54 Å². The minimum atomic E-state index is -0.161. The normalized spacial score (nSPS) is 20.4. The van der Waals surface area contributed by atoms with Gasteiger partial charge < -0.3 is 10.1 Å². The molecule has 0 bridgehead atoms. The van der Waals surface area contributed by atoms with E-state index in [9.17, 15) is 4.79 Å². The Balaban J connectivity index is 1.44. The average Bonchev–Trinajstić information content (AvgIpc) is 3.28. The van der Waals surface area contributed by atoms with Gasteiger partial charge in [0.15, 0.2) is 0 Å². The third-order valence-electron chi connectivity index (χ3n) is 4.68. The summed E-state index contributed by atoms with van der Waals surface area (Å²) in [6.45, 7) is 1.52. The monoisotopic (exact) mass is 335 g/mol. The van der Waals surface area contributed by atoms with Gasteiger partial charge in [-0.1, -0.05) is 54.6 Å². The Morgan fingerprint density at radius 3 is 2.84 bits per heavy atom. The molecule has 2 aliphatic rings. The fourth-order valence-corrected chi connectivity index (χ4v) is 3.37. The van der Waals surface area contributed by atoms with Crippen molar-refractivity contribution < 1.29 is 9.53 Å². The number of urea groups is 1. The number of fused-ring (bicyclic) bond motifs is 1. The van der Waals surface area contributed by atoms with E-state index in [1.807, 2.05) is 36.4 Å².